The van der Waals surface area contributed by atoms with Crippen molar-refractivity contribution in [2.45, 2.75) is 18.7 Å². The zero-order valence-corrected chi connectivity index (χ0v) is 17.0. The van der Waals surface area contributed by atoms with Crippen LogP contribution in [0.15, 0.2) is 51.8 Å². The van der Waals surface area contributed by atoms with Crippen LogP contribution < -0.4 is 10.1 Å². The number of carbonyl (C=O) groups is 1. The average molecular weight is 402 g/mol. The summed E-state index contributed by atoms with van der Waals surface area (Å²) in [5.41, 5.74) is 1.67. The molecule has 1 amide bonds. The van der Waals surface area contributed by atoms with Crippen molar-refractivity contribution in [3.63, 3.8) is 0 Å². The predicted molar refractivity (Wildman–Crippen MR) is 107 cm³/mol. The third-order valence-electron chi connectivity index (χ3n) is 4.31. The molecule has 0 aliphatic heterocycles. The SMILES string of the molecule is CCOc1ccc(NC(=O)c2oc3ccccc3c2C)cc1S(=O)(=O)N(C)C. The van der Waals surface area contributed by atoms with Gasteiger partial charge in [-0.2, -0.15) is 0 Å². The van der Waals surface area contributed by atoms with Gasteiger partial charge in [0.1, 0.15) is 16.2 Å². The summed E-state index contributed by atoms with van der Waals surface area (Å²) in [6.07, 6.45) is 0. The Hall–Kier alpha value is -2.84. The number of anilines is 1. The zero-order valence-electron chi connectivity index (χ0n) is 16.1. The number of carbonyl (C=O) groups excluding carboxylic acids is 1. The Labute approximate surface area is 163 Å². The maximum Gasteiger partial charge on any atom is 0.291 e. The number of hydrogen-bond donors (Lipinski definition) is 1. The molecule has 0 saturated heterocycles. The molecule has 1 heterocycles. The molecule has 1 N–H and O–H groups in total. The Balaban J connectivity index is 1.97. The first-order chi connectivity index (χ1) is 13.3. The van der Waals surface area contributed by atoms with E-state index in [4.69, 9.17) is 9.15 Å². The van der Waals surface area contributed by atoms with Crippen molar-refractivity contribution < 1.29 is 22.4 Å². The van der Waals surface area contributed by atoms with E-state index in [1.54, 1.807) is 26.0 Å². The van der Waals surface area contributed by atoms with Crippen LogP contribution in [0, 0.1) is 6.92 Å². The predicted octanol–water partition coefficient (Wildman–Crippen LogP) is 3.64. The Morgan fingerprint density at radius 2 is 1.89 bits per heavy atom. The van der Waals surface area contributed by atoms with Gasteiger partial charge < -0.3 is 14.5 Å². The summed E-state index contributed by atoms with van der Waals surface area (Å²) >= 11 is 0. The summed E-state index contributed by atoms with van der Waals surface area (Å²) in [7, 11) is -0.871. The first kappa shape index (κ1) is 19.9. The molecule has 148 valence electrons. The van der Waals surface area contributed by atoms with Gasteiger partial charge in [0.05, 0.1) is 6.61 Å². The highest BCUT2D eigenvalue weighted by molar-refractivity contribution is 7.89. The highest BCUT2D eigenvalue weighted by atomic mass is 32.2. The Kier molecular flexibility index (Phi) is 5.44. The molecule has 2 aromatic carbocycles. The number of furan rings is 1. The number of para-hydroxylation sites is 1. The van der Waals surface area contributed by atoms with Gasteiger partial charge in [-0.3, -0.25) is 4.79 Å². The molecule has 3 aromatic rings. The first-order valence-corrected chi connectivity index (χ1v) is 10.2. The number of ether oxygens (including phenoxy) is 1. The summed E-state index contributed by atoms with van der Waals surface area (Å²) in [5, 5.41) is 3.57. The minimum absolute atomic E-state index is 0.0153. The van der Waals surface area contributed by atoms with Crippen LogP contribution in [0.2, 0.25) is 0 Å². The van der Waals surface area contributed by atoms with Crippen LogP contribution in [0.1, 0.15) is 23.0 Å². The number of amides is 1. The number of benzene rings is 2. The number of nitrogens with one attached hydrogen (secondary N) is 1. The van der Waals surface area contributed by atoms with E-state index in [0.717, 1.165) is 15.3 Å². The first-order valence-electron chi connectivity index (χ1n) is 8.74. The smallest absolute Gasteiger partial charge is 0.291 e. The van der Waals surface area contributed by atoms with Gasteiger partial charge in [-0.15, -0.1) is 0 Å². The van der Waals surface area contributed by atoms with Gasteiger partial charge in [0, 0.05) is 30.7 Å². The van der Waals surface area contributed by atoms with E-state index in [2.05, 4.69) is 5.32 Å². The van der Waals surface area contributed by atoms with Crippen LogP contribution in [0.4, 0.5) is 5.69 Å². The van der Waals surface area contributed by atoms with Gasteiger partial charge >= 0.3 is 0 Å². The third kappa shape index (κ3) is 3.61. The molecule has 0 aliphatic rings. The van der Waals surface area contributed by atoms with Gasteiger partial charge in [-0.05, 0) is 38.1 Å². The monoisotopic (exact) mass is 402 g/mol. The van der Waals surface area contributed by atoms with Crippen molar-refractivity contribution in [2.75, 3.05) is 26.0 Å². The van der Waals surface area contributed by atoms with Crippen molar-refractivity contribution in [3.8, 4) is 5.75 Å². The minimum Gasteiger partial charge on any atom is -0.492 e. The molecule has 0 aliphatic carbocycles. The molecule has 8 heteroatoms. The Bertz CT molecular complexity index is 1130. The summed E-state index contributed by atoms with van der Waals surface area (Å²) in [4.78, 5) is 12.7. The number of hydrogen-bond acceptors (Lipinski definition) is 5. The van der Waals surface area contributed by atoms with Gasteiger partial charge in [0.15, 0.2) is 5.76 Å². The molecule has 0 unspecified atom stereocenters. The normalized spacial score (nSPS) is 11.8. The van der Waals surface area contributed by atoms with Crippen LogP contribution in [0.25, 0.3) is 11.0 Å². The molecule has 0 fully saturated rings. The molecule has 7 nitrogen and oxygen atoms in total. The van der Waals surface area contributed by atoms with Crippen molar-refractivity contribution in [1.82, 2.24) is 4.31 Å². The number of fused-ring (bicyclic) bond motifs is 1. The number of aryl methyl sites for hydroxylation is 1. The van der Waals surface area contributed by atoms with Crippen LogP contribution >= 0.6 is 0 Å². The fourth-order valence-corrected chi connectivity index (χ4v) is 3.89. The quantitative estimate of drug-likeness (QED) is 0.680. The Morgan fingerprint density at radius 1 is 1.18 bits per heavy atom. The standard InChI is InChI=1S/C20H22N2O5S/c1-5-26-17-11-10-14(12-18(17)28(24,25)22(3)4)21-20(23)19-13(2)15-8-6-7-9-16(15)27-19/h6-12H,5H2,1-4H3,(H,21,23). The summed E-state index contributed by atoms with van der Waals surface area (Å²) in [6.45, 7) is 3.90. The van der Waals surface area contributed by atoms with E-state index in [9.17, 15) is 13.2 Å². The largest absolute Gasteiger partial charge is 0.492 e. The van der Waals surface area contributed by atoms with Crippen LogP contribution in [-0.2, 0) is 10.0 Å². The van der Waals surface area contributed by atoms with Crippen molar-refractivity contribution in [3.05, 3.63) is 53.8 Å². The maximum absolute atomic E-state index is 12.7. The molecular weight excluding hydrogens is 380 g/mol. The van der Waals surface area contributed by atoms with E-state index in [0.29, 0.717) is 17.9 Å². The third-order valence-corrected chi connectivity index (χ3v) is 6.15. The van der Waals surface area contributed by atoms with Gasteiger partial charge in [-0.1, -0.05) is 18.2 Å². The maximum atomic E-state index is 12.7. The molecule has 0 radical (unpaired) electrons. The second-order valence-electron chi connectivity index (χ2n) is 6.39. The molecule has 0 saturated carbocycles. The molecule has 0 bridgehead atoms. The van der Waals surface area contributed by atoms with Crippen molar-refractivity contribution in [2.24, 2.45) is 0 Å². The second kappa shape index (κ2) is 7.65. The number of sulfonamides is 1. The minimum atomic E-state index is -3.75. The van der Waals surface area contributed by atoms with Gasteiger partial charge in [0.2, 0.25) is 10.0 Å². The van der Waals surface area contributed by atoms with E-state index in [1.165, 1.54) is 26.2 Å². The highest BCUT2D eigenvalue weighted by Gasteiger charge is 2.24. The lowest BCUT2D eigenvalue weighted by atomic mass is 10.1. The molecule has 1 aromatic heterocycles. The highest BCUT2D eigenvalue weighted by Crippen LogP contribution is 2.30. The van der Waals surface area contributed by atoms with Crippen LogP contribution in [-0.4, -0.2) is 39.3 Å². The summed E-state index contributed by atoms with van der Waals surface area (Å²) < 4.78 is 37.4. The van der Waals surface area contributed by atoms with E-state index < -0.39 is 15.9 Å². The fourth-order valence-electron chi connectivity index (χ4n) is 2.84. The molecule has 28 heavy (non-hydrogen) atoms. The zero-order chi connectivity index (χ0) is 20.5. The summed E-state index contributed by atoms with van der Waals surface area (Å²) in [5.74, 6) is -0.0349. The van der Waals surface area contributed by atoms with E-state index in [-0.39, 0.29) is 16.4 Å². The van der Waals surface area contributed by atoms with E-state index in [1.807, 2.05) is 18.2 Å². The topological polar surface area (TPSA) is 88.8 Å². The fraction of sp³-hybridized carbons (Fsp3) is 0.250. The lowest BCUT2D eigenvalue weighted by Gasteiger charge is -2.16. The lowest BCUT2D eigenvalue weighted by Crippen LogP contribution is -2.23. The second-order valence-corrected chi connectivity index (χ2v) is 8.51. The lowest BCUT2D eigenvalue weighted by molar-refractivity contribution is 0.0998. The molecular formula is C20H22N2O5S. The molecule has 0 spiro atoms. The molecule has 0 atom stereocenters. The molecule has 3 rings (SSSR count). The number of rotatable bonds is 6. The van der Waals surface area contributed by atoms with Gasteiger partial charge in [-0.25, -0.2) is 12.7 Å². The van der Waals surface area contributed by atoms with Crippen molar-refractivity contribution in [1.29, 1.82) is 0 Å². The average Bonchev–Trinajstić information content (AvgIpc) is 3.00. The number of nitrogens with zero attached hydrogens (tertiary/aromatic N) is 1. The van der Waals surface area contributed by atoms with Crippen molar-refractivity contribution >= 4 is 32.6 Å². The van der Waals surface area contributed by atoms with E-state index >= 15 is 0 Å². The Morgan fingerprint density at radius 3 is 2.54 bits per heavy atom. The van der Waals surface area contributed by atoms with Gasteiger partial charge in [0.25, 0.3) is 5.91 Å². The van der Waals surface area contributed by atoms with Crippen LogP contribution in [0.3, 0.4) is 0 Å². The summed E-state index contributed by atoms with van der Waals surface area (Å²) in [6, 6.07) is 11.9. The van der Waals surface area contributed by atoms with Crippen LogP contribution in [0.5, 0.6) is 5.75 Å².